The van der Waals surface area contributed by atoms with Crippen LogP contribution in [0.2, 0.25) is 0 Å². The molecule has 0 spiro atoms. The second-order valence-electron chi connectivity index (χ2n) is 5.20. The average molecular weight is 292 g/mol. The maximum atomic E-state index is 12.3. The molecule has 116 valence electrons. The fourth-order valence-corrected chi connectivity index (χ4v) is 2.70. The van der Waals surface area contributed by atoms with Crippen molar-refractivity contribution in [1.29, 1.82) is 0 Å². The molecule has 6 nitrogen and oxygen atoms in total. The molecule has 2 rings (SSSR count). The number of likely N-dealkylation sites (tertiary alicyclic amines) is 1. The van der Waals surface area contributed by atoms with Gasteiger partial charge < -0.3 is 10.1 Å². The number of hydrogen-bond donors (Lipinski definition) is 1. The minimum atomic E-state index is -0.165. The normalized spacial score (nSPS) is 18.7. The van der Waals surface area contributed by atoms with Gasteiger partial charge in [-0.25, -0.2) is 4.98 Å². The monoisotopic (exact) mass is 292 g/mol. The van der Waals surface area contributed by atoms with E-state index >= 15 is 0 Å². The van der Waals surface area contributed by atoms with Crippen LogP contribution in [-0.4, -0.2) is 53.1 Å². The van der Waals surface area contributed by atoms with Gasteiger partial charge in [-0.15, -0.1) is 0 Å². The first-order chi connectivity index (χ1) is 10.2. The number of nitrogens with zero attached hydrogens (tertiary/aromatic N) is 3. The quantitative estimate of drug-likeness (QED) is 0.858. The molecule has 1 aromatic rings. The minimum absolute atomic E-state index is 0.165. The number of carbonyl (C=O) groups is 1. The molecule has 0 saturated carbocycles. The molecule has 1 aliphatic heterocycles. The van der Waals surface area contributed by atoms with E-state index in [-0.39, 0.29) is 5.91 Å². The third-order valence-corrected chi connectivity index (χ3v) is 3.80. The Morgan fingerprint density at radius 3 is 3.05 bits per heavy atom. The highest BCUT2D eigenvalue weighted by Crippen LogP contribution is 2.17. The van der Waals surface area contributed by atoms with Crippen LogP contribution in [0.3, 0.4) is 0 Å². The van der Waals surface area contributed by atoms with Gasteiger partial charge in [0.2, 0.25) is 5.88 Å². The fraction of sp³-hybridized carbons (Fsp3) is 0.667. The van der Waals surface area contributed by atoms with Gasteiger partial charge in [0, 0.05) is 18.8 Å². The second kappa shape index (κ2) is 7.36. The van der Waals surface area contributed by atoms with Gasteiger partial charge in [0.1, 0.15) is 11.4 Å². The molecule has 0 radical (unpaired) electrons. The van der Waals surface area contributed by atoms with E-state index in [1.807, 2.05) is 6.92 Å². The van der Waals surface area contributed by atoms with E-state index in [9.17, 15) is 4.79 Å². The fourth-order valence-electron chi connectivity index (χ4n) is 2.70. The van der Waals surface area contributed by atoms with Crippen molar-refractivity contribution in [3.63, 3.8) is 0 Å². The minimum Gasteiger partial charge on any atom is -0.477 e. The van der Waals surface area contributed by atoms with Gasteiger partial charge in [-0.3, -0.25) is 9.69 Å². The second-order valence-corrected chi connectivity index (χ2v) is 5.20. The van der Waals surface area contributed by atoms with Crippen molar-refractivity contribution in [2.75, 3.05) is 26.2 Å². The largest absolute Gasteiger partial charge is 0.477 e. The Morgan fingerprint density at radius 1 is 1.52 bits per heavy atom. The van der Waals surface area contributed by atoms with Crippen molar-refractivity contribution >= 4 is 5.91 Å². The molecule has 1 unspecified atom stereocenters. The van der Waals surface area contributed by atoms with E-state index < -0.39 is 0 Å². The Bertz CT molecular complexity index is 493. The van der Waals surface area contributed by atoms with Crippen molar-refractivity contribution in [2.45, 2.75) is 39.7 Å². The van der Waals surface area contributed by atoms with E-state index in [4.69, 9.17) is 4.74 Å². The molecule has 1 saturated heterocycles. The van der Waals surface area contributed by atoms with Gasteiger partial charge in [-0.05, 0) is 39.8 Å². The first-order valence-electron chi connectivity index (χ1n) is 7.64. The topological polar surface area (TPSA) is 67.3 Å². The van der Waals surface area contributed by atoms with Crippen LogP contribution in [0.15, 0.2) is 6.20 Å². The van der Waals surface area contributed by atoms with Crippen LogP contribution in [0, 0.1) is 6.92 Å². The molecule has 2 heterocycles. The number of hydrogen-bond acceptors (Lipinski definition) is 5. The zero-order chi connectivity index (χ0) is 15.2. The lowest BCUT2D eigenvalue weighted by Crippen LogP contribution is -2.40. The molecule has 1 atom stereocenters. The number of nitrogens with one attached hydrogen (secondary N) is 1. The summed E-state index contributed by atoms with van der Waals surface area (Å²) in [5, 5.41) is 2.98. The van der Waals surface area contributed by atoms with Gasteiger partial charge in [0.15, 0.2) is 0 Å². The van der Waals surface area contributed by atoms with Crippen LogP contribution in [0.25, 0.3) is 0 Å². The lowest BCUT2D eigenvalue weighted by molar-refractivity contribution is 0.0936. The molecular weight excluding hydrogens is 268 g/mol. The smallest absolute Gasteiger partial charge is 0.258 e. The zero-order valence-electron chi connectivity index (χ0n) is 13.1. The molecule has 1 aliphatic rings. The summed E-state index contributed by atoms with van der Waals surface area (Å²) >= 11 is 0. The summed E-state index contributed by atoms with van der Waals surface area (Å²) < 4.78 is 5.43. The van der Waals surface area contributed by atoms with Crippen molar-refractivity contribution in [2.24, 2.45) is 0 Å². The van der Waals surface area contributed by atoms with E-state index in [1.165, 1.54) is 12.6 Å². The van der Waals surface area contributed by atoms with Crippen molar-refractivity contribution < 1.29 is 9.53 Å². The van der Waals surface area contributed by atoms with Crippen LogP contribution >= 0.6 is 0 Å². The summed E-state index contributed by atoms with van der Waals surface area (Å²) in [7, 11) is 0. The summed E-state index contributed by atoms with van der Waals surface area (Å²) in [5.41, 5.74) is 0.406. The van der Waals surface area contributed by atoms with Gasteiger partial charge in [-0.2, -0.15) is 4.98 Å². The number of aromatic nitrogens is 2. The predicted molar refractivity (Wildman–Crippen MR) is 80.5 cm³/mol. The van der Waals surface area contributed by atoms with Gasteiger partial charge >= 0.3 is 0 Å². The lowest BCUT2D eigenvalue weighted by Gasteiger charge is -2.23. The third kappa shape index (κ3) is 3.91. The molecule has 21 heavy (non-hydrogen) atoms. The Hall–Kier alpha value is -1.69. The highest BCUT2D eigenvalue weighted by Gasteiger charge is 2.24. The summed E-state index contributed by atoms with van der Waals surface area (Å²) in [6.45, 7) is 9.09. The molecule has 1 amide bonds. The number of ether oxygens (including phenoxy) is 1. The highest BCUT2D eigenvalue weighted by atomic mass is 16.5. The first-order valence-corrected chi connectivity index (χ1v) is 7.64. The summed E-state index contributed by atoms with van der Waals surface area (Å²) in [6.07, 6.45) is 3.87. The maximum Gasteiger partial charge on any atom is 0.258 e. The highest BCUT2D eigenvalue weighted by molar-refractivity contribution is 5.96. The SMILES string of the molecule is CCOc1nc(C)ncc1C(=O)NCC1CCCN1CC. The van der Waals surface area contributed by atoms with Crippen LogP contribution in [0.5, 0.6) is 5.88 Å². The van der Waals surface area contributed by atoms with Crippen LogP contribution < -0.4 is 10.1 Å². The molecule has 6 heteroatoms. The Labute approximate surface area is 125 Å². The number of carbonyl (C=O) groups excluding carboxylic acids is 1. The molecule has 0 aromatic carbocycles. The Morgan fingerprint density at radius 2 is 2.33 bits per heavy atom. The van der Waals surface area contributed by atoms with Crippen molar-refractivity contribution in [1.82, 2.24) is 20.2 Å². The van der Waals surface area contributed by atoms with Gasteiger partial charge in [0.25, 0.3) is 5.91 Å². The standard InChI is InChI=1S/C15H24N4O2/c1-4-19-8-6-7-12(19)9-17-14(20)13-10-16-11(3)18-15(13)21-5-2/h10,12H,4-9H2,1-3H3,(H,17,20). The number of amides is 1. The number of rotatable bonds is 6. The van der Waals surface area contributed by atoms with Gasteiger partial charge in [0.05, 0.1) is 6.61 Å². The van der Waals surface area contributed by atoms with Crippen LogP contribution in [0.4, 0.5) is 0 Å². The molecule has 1 N–H and O–H groups in total. The average Bonchev–Trinajstić information content (AvgIpc) is 2.93. The van der Waals surface area contributed by atoms with E-state index in [2.05, 4.69) is 27.1 Å². The zero-order valence-corrected chi connectivity index (χ0v) is 13.1. The molecule has 1 aromatic heterocycles. The Kier molecular flexibility index (Phi) is 5.50. The third-order valence-electron chi connectivity index (χ3n) is 3.80. The number of likely N-dealkylation sites (N-methyl/N-ethyl adjacent to an activating group) is 1. The van der Waals surface area contributed by atoms with Gasteiger partial charge in [-0.1, -0.05) is 6.92 Å². The van der Waals surface area contributed by atoms with Crippen LogP contribution in [-0.2, 0) is 0 Å². The predicted octanol–water partition coefficient (Wildman–Crippen LogP) is 1.40. The Balaban J connectivity index is 2.00. The van der Waals surface area contributed by atoms with E-state index in [0.717, 1.165) is 19.5 Å². The van der Waals surface area contributed by atoms with E-state index in [0.29, 0.717) is 36.5 Å². The molecule has 0 bridgehead atoms. The van der Waals surface area contributed by atoms with Crippen molar-refractivity contribution in [3.8, 4) is 5.88 Å². The number of aryl methyl sites for hydroxylation is 1. The molecule has 0 aliphatic carbocycles. The first kappa shape index (κ1) is 15.7. The maximum absolute atomic E-state index is 12.3. The van der Waals surface area contributed by atoms with Crippen molar-refractivity contribution in [3.05, 3.63) is 17.6 Å². The molecular formula is C15H24N4O2. The lowest BCUT2D eigenvalue weighted by atomic mass is 10.2. The molecule has 1 fully saturated rings. The summed E-state index contributed by atoms with van der Waals surface area (Å²) in [5.74, 6) is 0.797. The van der Waals surface area contributed by atoms with E-state index in [1.54, 1.807) is 6.92 Å². The summed E-state index contributed by atoms with van der Waals surface area (Å²) in [4.78, 5) is 23.0. The summed E-state index contributed by atoms with van der Waals surface area (Å²) in [6, 6.07) is 0.431. The van der Waals surface area contributed by atoms with Crippen LogP contribution in [0.1, 0.15) is 42.9 Å².